The Morgan fingerprint density at radius 2 is 1.15 bits per heavy atom. The standard InChI is InChI=1S/C35H21N3O/c1-3-10-22(11-4-1)37-28-20-18-26-31-27(19-17-25-24-14-7-8-16-30(24)39-35(25)31)38(23-12-5-2-6-13-23)34(26)32(28)33-29(37)15-9-21-36-33/h1-21H. The summed E-state index contributed by atoms with van der Waals surface area (Å²) in [5.41, 5.74) is 9.52. The van der Waals surface area contributed by atoms with E-state index in [4.69, 9.17) is 9.40 Å². The molecule has 5 aromatic carbocycles. The molecule has 0 aliphatic heterocycles. The number of benzene rings is 5. The molecule has 0 spiro atoms. The van der Waals surface area contributed by atoms with Gasteiger partial charge in [0, 0.05) is 33.7 Å². The van der Waals surface area contributed by atoms with E-state index in [-0.39, 0.29) is 0 Å². The van der Waals surface area contributed by atoms with Crippen LogP contribution in [0.4, 0.5) is 0 Å². The first-order valence-electron chi connectivity index (χ1n) is 13.2. The number of aromatic nitrogens is 3. The van der Waals surface area contributed by atoms with Crippen molar-refractivity contribution in [2.45, 2.75) is 0 Å². The van der Waals surface area contributed by atoms with Crippen LogP contribution in [0.1, 0.15) is 0 Å². The number of furan rings is 1. The van der Waals surface area contributed by atoms with E-state index in [2.05, 4.69) is 112 Å². The van der Waals surface area contributed by atoms with Gasteiger partial charge in [0.1, 0.15) is 11.2 Å². The van der Waals surface area contributed by atoms with Gasteiger partial charge >= 0.3 is 0 Å². The van der Waals surface area contributed by atoms with Crippen molar-refractivity contribution in [3.63, 3.8) is 0 Å². The lowest BCUT2D eigenvalue weighted by atomic mass is 10.1. The van der Waals surface area contributed by atoms with Crippen LogP contribution in [0.25, 0.3) is 77.1 Å². The van der Waals surface area contributed by atoms with Crippen molar-refractivity contribution in [2.24, 2.45) is 0 Å². The van der Waals surface area contributed by atoms with Gasteiger partial charge in [0.2, 0.25) is 0 Å². The second kappa shape index (κ2) is 7.59. The van der Waals surface area contributed by atoms with Gasteiger partial charge in [-0.2, -0.15) is 0 Å². The average Bonchev–Trinajstić information content (AvgIpc) is 3.65. The lowest BCUT2D eigenvalue weighted by Crippen LogP contribution is -1.95. The van der Waals surface area contributed by atoms with Gasteiger partial charge in [-0.15, -0.1) is 0 Å². The van der Waals surface area contributed by atoms with Crippen LogP contribution < -0.4 is 0 Å². The molecule has 0 saturated heterocycles. The van der Waals surface area contributed by atoms with Gasteiger partial charge in [0.25, 0.3) is 0 Å². The highest BCUT2D eigenvalue weighted by atomic mass is 16.3. The molecule has 0 unspecified atom stereocenters. The van der Waals surface area contributed by atoms with Crippen molar-refractivity contribution in [1.82, 2.24) is 14.1 Å². The minimum Gasteiger partial charge on any atom is -0.455 e. The van der Waals surface area contributed by atoms with E-state index in [9.17, 15) is 0 Å². The van der Waals surface area contributed by atoms with Gasteiger partial charge in [0.05, 0.1) is 38.4 Å². The summed E-state index contributed by atoms with van der Waals surface area (Å²) in [7, 11) is 0. The Labute approximate surface area is 222 Å². The molecule has 0 amide bonds. The zero-order valence-corrected chi connectivity index (χ0v) is 20.9. The minimum absolute atomic E-state index is 0.907. The van der Waals surface area contributed by atoms with Crippen molar-refractivity contribution in [3.05, 3.63) is 128 Å². The van der Waals surface area contributed by atoms with Crippen molar-refractivity contribution in [3.8, 4) is 11.4 Å². The molecule has 0 N–H and O–H groups in total. The maximum Gasteiger partial charge on any atom is 0.145 e. The van der Waals surface area contributed by atoms with Crippen LogP contribution in [-0.4, -0.2) is 14.1 Å². The van der Waals surface area contributed by atoms with Gasteiger partial charge in [-0.1, -0.05) is 54.6 Å². The third-order valence-electron chi connectivity index (χ3n) is 7.95. The van der Waals surface area contributed by atoms with Gasteiger partial charge in [-0.25, -0.2) is 0 Å². The Balaban J connectivity index is 1.57. The SMILES string of the molecule is c1ccc(-n2c3cccnc3c3c2ccc2c4c5oc6ccccc6c5ccc4n(-c4ccccc4)c23)cc1. The molecule has 4 nitrogen and oxygen atoms in total. The molecule has 182 valence electrons. The van der Waals surface area contributed by atoms with Gasteiger partial charge in [-0.05, 0) is 66.7 Å². The highest BCUT2D eigenvalue weighted by Gasteiger charge is 2.23. The van der Waals surface area contributed by atoms with Crippen LogP contribution >= 0.6 is 0 Å². The zero-order chi connectivity index (χ0) is 25.5. The molecule has 4 heteroatoms. The second-order valence-electron chi connectivity index (χ2n) is 10.0. The molecule has 0 aliphatic rings. The van der Waals surface area contributed by atoms with E-state index in [1.807, 2.05) is 24.4 Å². The average molecular weight is 500 g/mol. The van der Waals surface area contributed by atoms with E-state index in [0.717, 1.165) is 77.1 Å². The molecule has 0 radical (unpaired) electrons. The number of pyridine rings is 1. The first-order valence-corrected chi connectivity index (χ1v) is 13.2. The Bertz CT molecular complexity index is 2370. The Morgan fingerprint density at radius 3 is 1.95 bits per heavy atom. The molecule has 0 fully saturated rings. The van der Waals surface area contributed by atoms with Crippen molar-refractivity contribution in [1.29, 1.82) is 0 Å². The largest absolute Gasteiger partial charge is 0.455 e. The zero-order valence-electron chi connectivity index (χ0n) is 20.9. The van der Waals surface area contributed by atoms with Crippen LogP contribution in [-0.2, 0) is 0 Å². The lowest BCUT2D eigenvalue weighted by molar-refractivity contribution is 0.673. The number of fused-ring (bicyclic) bond motifs is 11. The smallest absolute Gasteiger partial charge is 0.145 e. The van der Waals surface area contributed by atoms with Crippen LogP contribution in [0.2, 0.25) is 0 Å². The lowest BCUT2D eigenvalue weighted by Gasteiger charge is -2.09. The number of hydrogen-bond donors (Lipinski definition) is 0. The quantitative estimate of drug-likeness (QED) is 0.238. The number of hydrogen-bond acceptors (Lipinski definition) is 2. The van der Waals surface area contributed by atoms with Crippen molar-refractivity contribution >= 4 is 65.7 Å². The van der Waals surface area contributed by atoms with E-state index >= 15 is 0 Å². The Kier molecular flexibility index (Phi) is 4.02. The molecule has 39 heavy (non-hydrogen) atoms. The van der Waals surface area contributed by atoms with Crippen LogP contribution in [0.15, 0.2) is 132 Å². The van der Waals surface area contributed by atoms with Crippen LogP contribution in [0.5, 0.6) is 0 Å². The topological polar surface area (TPSA) is 35.9 Å². The third kappa shape index (κ3) is 2.70. The molecule has 0 bridgehead atoms. The summed E-state index contributed by atoms with van der Waals surface area (Å²) in [6.07, 6.45) is 1.89. The number of rotatable bonds is 2. The summed E-state index contributed by atoms with van der Waals surface area (Å²) in [5.74, 6) is 0. The predicted molar refractivity (Wildman–Crippen MR) is 160 cm³/mol. The summed E-state index contributed by atoms with van der Waals surface area (Å²) in [5, 5.41) is 5.69. The fourth-order valence-corrected chi connectivity index (χ4v) is 6.38. The summed E-state index contributed by atoms with van der Waals surface area (Å²) in [6, 6.07) is 42.5. The minimum atomic E-state index is 0.907. The Morgan fingerprint density at radius 1 is 0.487 bits per heavy atom. The van der Waals surface area contributed by atoms with E-state index in [1.165, 1.54) is 0 Å². The number of nitrogens with zero attached hydrogens (tertiary/aromatic N) is 3. The predicted octanol–water partition coefficient (Wildman–Crippen LogP) is 9.18. The van der Waals surface area contributed by atoms with Crippen LogP contribution in [0, 0.1) is 0 Å². The summed E-state index contributed by atoms with van der Waals surface area (Å²) >= 11 is 0. The molecular weight excluding hydrogens is 478 g/mol. The molecule has 9 aromatic rings. The maximum absolute atomic E-state index is 6.56. The molecule has 0 saturated carbocycles. The molecule has 4 heterocycles. The van der Waals surface area contributed by atoms with Crippen molar-refractivity contribution < 1.29 is 4.42 Å². The summed E-state index contributed by atoms with van der Waals surface area (Å²) < 4.78 is 11.3. The fraction of sp³-hybridized carbons (Fsp3) is 0. The maximum atomic E-state index is 6.56. The molecule has 9 rings (SSSR count). The first-order chi connectivity index (χ1) is 19.4. The van der Waals surface area contributed by atoms with E-state index in [0.29, 0.717) is 0 Å². The summed E-state index contributed by atoms with van der Waals surface area (Å²) in [4.78, 5) is 4.95. The monoisotopic (exact) mass is 499 g/mol. The van der Waals surface area contributed by atoms with Crippen LogP contribution in [0.3, 0.4) is 0 Å². The normalized spacial score (nSPS) is 12.1. The highest BCUT2D eigenvalue weighted by Crippen LogP contribution is 2.44. The Hall–Kier alpha value is -5.35. The van der Waals surface area contributed by atoms with E-state index < -0.39 is 0 Å². The second-order valence-corrected chi connectivity index (χ2v) is 10.0. The van der Waals surface area contributed by atoms with Crippen molar-refractivity contribution in [2.75, 3.05) is 0 Å². The number of para-hydroxylation sites is 3. The van der Waals surface area contributed by atoms with E-state index in [1.54, 1.807) is 0 Å². The van der Waals surface area contributed by atoms with Gasteiger partial charge < -0.3 is 13.6 Å². The highest BCUT2D eigenvalue weighted by molar-refractivity contribution is 6.30. The fourth-order valence-electron chi connectivity index (χ4n) is 6.38. The summed E-state index contributed by atoms with van der Waals surface area (Å²) in [6.45, 7) is 0. The molecular formula is C35H21N3O. The molecule has 4 aromatic heterocycles. The first kappa shape index (κ1) is 20.7. The van der Waals surface area contributed by atoms with Gasteiger partial charge in [-0.3, -0.25) is 4.98 Å². The molecule has 0 atom stereocenters. The third-order valence-corrected chi connectivity index (χ3v) is 7.95. The van der Waals surface area contributed by atoms with Gasteiger partial charge in [0.15, 0.2) is 0 Å². The molecule has 0 aliphatic carbocycles.